The van der Waals surface area contributed by atoms with Crippen LogP contribution in [-0.4, -0.2) is 29.7 Å². The van der Waals surface area contributed by atoms with Gasteiger partial charge < -0.3 is 4.90 Å². The molecule has 4 heteroatoms. The van der Waals surface area contributed by atoms with Gasteiger partial charge in [-0.25, -0.2) is 0 Å². The Balaban J connectivity index is 2.30. The molecule has 2 rings (SSSR count). The third-order valence-electron chi connectivity index (χ3n) is 2.73. The molecule has 0 bridgehead atoms. The Morgan fingerprint density at radius 1 is 0.950 bits per heavy atom. The first-order valence-electron chi connectivity index (χ1n) is 6.34. The fourth-order valence-corrected chi connectivity index (χ4v) is 1.84. The van der Waals surface area contributed by atoms with Crippen LogP contribution in [0, 0.1) is 0 Å². The van der Waals surface area contributed by atoms with Gasteiger partial charge in [-0.15, -0.1) is 0 Å². The van der Waals surface area contributed by atoms with Crippen molar-refractivity contribution in [2.45, 2.75) is 0 Å². The smallest absolute Gasteiger partial charge is 0.129 e. The van der Waals surface area contributed by atoms with Crippen molar-refractivity contribution >= 4 is 28.6 Å². The SMILES string of the molecule is CN(C)C(=S)/C(=N\Nc1ccccc1)c1ccccc1. The highest BCUT2D eigenvalue weighted by Gasteiger charge is 2.11. The Labute approximate surface area is 124 Å². The largest absolute Gasteiger partial charge is 0.367 e. The van der Waals surface area contributed by atoms with Crippen LogP contribution >= 0.6 is 12.2 Å². The number of likely N-dealkylation sites (N-methyl/N-ethyl adjacent to an activating group) is 1. The first-order chi connectivity index (χ1) is 9.68. The topological polar surface area (TPSA) is 27.6 Å². The fourth-order valence-electron chi connectivity index (χ4n) is 1.68. The van der Waals surface area contributed by atoms with Crippen LogP contribution in [0.15, 0.2) is 65.8 Å². The zero-order valence-corrected chi connectivity index (χ0v) is 12.4. The monoisotopic (exact) mass is 283 g/mol. The predicted molar refractivity (Wildman–Crippen MR) is 89.3 cm³/mol. The van der Waals surface area contributed by atoms with Crippen LogP contribution in [0.1, 0.15) is 5.56 Å². The van der Waals surface area contributed by atoms with E-state index in [4.69, 9.17) is 12.2 Å². The quantitative estimate of drug-likeness (QED) is 0.529. The first kappa shape index (κ1) is 14.2. The zero-order valence-electron chi connectivity index (χ0n) is 11.6. The standard InChI is InChI=1S/C16H17N3S/c1-19(2)16(20)15(13-9-5-3-6-10-13)18-17-14-11-7-4-8-12-14/h3-12,17H,1-2H3/b18-15-. The molecule has 0 atom stereocenters. The van der Waals surface area contributed by atoms with E-state index in [1.807, 2.05) is 79.7 Å². The molecule has 0 saturated heterocycles. The summed E-state index contributed by atoms with van der Waals surface area (Å²) in [6, 6.07) is 19.8. The summed E-state index contributed by atoms with van der Waals surface area (Å²) in [6.45, 7) is 0. The van der Waals surface area contributed by atoms with Gasteiger partial charge >= 0.3 is 0 Å². The van der Waals surface area contributed by atoms with E-state index in [0.29, 0.717) is 4.99 Å². The molecule has 0 spiro atoms. The lowest BCUT2D eigenvalue weighted by atomic mass is 10.1. The van der Waals surface area contributed by atoms with Crippen LogP contribution in [0.5, 0.6) is 0 Å². The summed E-state index contributed by atoms with van der Waals surface area (Å²) in [7, 11) is 3.84. The number of hydrogen-bond donors (Lipinski definition) is 1. The molecular formula is C16H17N3S. The summed E-state index contributed by atoms with van der Waals surface area (Å²) in [6.07, 6.45) is 0. The van der Waals surface area contributed by atoms with Gasteiger partial charge in [0.15, 0.2) is 0 Å². The van der Waals surface area contributed by atoms with Gasteiger partial charge in [0.1, 0.15) is 10.7 Å². The number of para-hydroxylation sites is 1. The molecule has 0 heterocycles. The summed E-state index contributed by atoms with van der Waals surface area (Å²) in [4.78, 5) is 2.58. The van der Waals surface area contributed by atoms with Crippen LogP contribution in [0.25, 0.3) is 0 Å². The molecular weight excluding hydrogens is 266 g/mol. The molecule has 102 valence electrons. The second-order valence-electron chi connectivity index (χ2n) is 4.50. The summed E-state index contributed by atoms with van der Waals surface area (Å²) in [5.74, 6) is 0. The van der Waals surface area contributed by atoms with Crippen LogP contribution in [0.2, 0.25) is 0 Å². The number of thiocarbonyl (C=S) groups is 1. The molecule has 0 amide bonds. The normalized spacial score (nSPS) is 11.0. The Bertz CT molecular complexity index is 592. The molecule has 0 aliphatic heterocycles. The third-order valence-corrected chi connectivity index (χ3v) is 3.29. The average molecular weight is 283 g/mol. The van der Waals surface area contributed by atoms with Gasteiger partial charge in [0.25, 0.3) is 0 Å². The third kappa shape index (κ3) is 3.65. The molecule has 0 aliphatic carbocycles. The number of rotatable bonds is 4. The fraction of sp³-hybridized carbons (Fsp3) is 0.125. The maximum atomic E-state index is 5.45. The first-order valence-corrected chi connectivity index (χ1v) is 6.75. The number of hydrazone groups is 1. The highest BCUT2D eigenvalue weighted by atomic mass is 32.1. The van der Waals surface area contributed by atoms with Gasteiger partial charge in [-0.3, -0.25) is 5.43 Å². The van der Waals surface area contributed by atoms with Crippen molar-refractivity contribution in [3.8, 4) is 0 Å². The number of nitrogens with zero attached hydrogens (tertiary/aromatic N) is 2. The van der Waals surface area contributed by atoms with E-state index >= 15 is 0 Å². The van der Waals surface area contributed by atoms with Gasteiger partial charge in [0, 0.05) is 19.7 Å². The van der Waals surface area contributed by atoms with E-state index in [0.717, 1.165) is 17.0 Å². The zero-order chi connectivity index (χ0) is 14.4. The molecule has 2 aromatic rings. The van der Waals surface area contributed by atoms with Crippen molar-refractivity contribution in [1.82, 2.24) is 4.90 Å². The van der Waals surface area contributed by atoms with Crippen molar-refractivity contribution in [2.75, 3.05) is 19.5 Å². The van der Waals surface area contributed by atoms with Crippen molar-refractivity contribution < 1.29 is 0 Å². The van der Waals surface area contributed by atoms with Crippen LogP contribution in [-0.2, 0) is 0 Å². The van der Waals surface area contributed by atoms with Crippen molar-refractivity contribution in [1.29, 1.82) is 0 Å². The number of benzene rings is 2. The molecule has 1 N–H and O–H groups in total. The van der Waals surface area contributed by atoms with Crippen LogP contribution in [0.4, 0.5) is 5.69 Å². The van der Waals surface area contributed by atoms with Gasteiger partial charge in [0.05, 0.1) is 5.69 Å². The van der Waals surface area contributed by atoms with E-state index in [2.05, 4.69) is 10.5 Å². The van der Waals surface area contributed by atoms with Crippen molar-refractivity contribution in [3.05, 3.63) is 66.2 Å². The minimum absolute atomic E-state index is 0.694. The molecule has 3 nitrogen and oxygen atoms in total. The molecule has 0 unspecified atom stereocenters. The second kappa shape index (κ2) is 6.82. The maximum absolute atomic E-state index is 5.45. The van der Waals surface area contributed by atoms with E-state index in [-0.39, 0.29) is 0 Å². The van der Waals surface area contributed by atoms with Crippen LogP contribution < -0.4 is 5.43 Å². The molecule has 0 fully saturated rings. The predicted octanol–water partition coefficient (Wildman–Crippen LogP) is 3.39. The Kier molecular flexibility index (Phi) is 4.85. The number of nitrogens with one attached hydrogen (secondary N) is 1. The summed E-state index contributed by atoms with van der Waals surface area (Å²) in [5, 5.41) is 4.47. The molecule has 20 heavy (non-hydrogen) atoms. The van der Waals surface area contributed by atoms with Gasteiger partial charge in [-0.05, 0) is 12.1 Å². The van der Waals surface area contributed by atoms with E-state index < -0.39 is 0 Å². The summed E-state index contributed by atoms with van der Waals surface area (Å²) in [5.41, 5.74) is 5.74. The van der Waals surface area contributed by atoms with Crippen molar-refractivity contribution in [2.24, 2.45) is 5.10 Å². The molecule has 0 aliphatic rings. The molecule has 0 radical (unpaired) electrons. The van der Waals surface area contributed by atoms with Gasteiger partial charge in [-0.2, -0.15) is 5.10 Å². The lowest BCUT2D eigenvalue weighted by molar-refractivity contribution is 0.643. The highest BCUT2D eigenvalue weighted by Crippen LogP contribution is 2.08. The average Bonchev–Trinajstić information content (AvgIpc) is 2.49. The Hall–Kier alpha value is -2.20. The second-order valence-corrected chi connectivity index (χ2v) is 4.89. The van der Waals surface area contributed by atoms with Gasteiger partial charge in [0.2, 0.25) is 0 Å². The number of anilines is 1. The number of hydrogen-bond acceptors (Lipinski definition) is 3. The molecule has 0 aromatic heterocycles. The lowest BCUT2D eigenvalue weighted by Crippen LogP contribution is -2.29. The minimum Gasteiger partial charge on any atom is -0.367 e. The Morgan fingerprint density at radius 3 is 2.05 bits per heavy atom. The summed E-state index contributed by atoms with van der Waals surface area (Å²) < 4.78 is 0. The highest BCUT2D eigenvalue weighted by molar-refractivity contribution is 7.82. The maximum Gasteiger partial charge on any atom is 0.129 e. The summed E-state index contributed by atoms with van der Waals surface area (Å²) >= 11 is 5.45. The van der Waals surface area contributed by atoms with Gasteiger partial charge in [-0.1, -0.05) is 60.7 Å². The minimum atomic E-state index is 0.694. The van der Waals surface area contributed by atoms with E-state index in [9.17, 15) is 0 Å². The molecule has 2 aromatic carbocycles. The van der Waals surface area contributed by atoms with Crippen LogP contribution in [0.3, 0.4) is 0 Å². The lowest BCUT2D eigenvalue weighted by Gasteiger charge is -2.16. The Morgan fingerprint density at radius 2 is 1.50 bits per heavy atom. The van der Waals surface area contributed by atoms with E-state index in [1.54, 1.807) is 0 Å². The molecule has 0 saturated carbocycles. The van der Waals surface area contributed by atoms with Crippen molar-refractivity contribution in [3.63, 3.8) is 0 Å². The van der Waals surface area contributed by atoms with E-state index in [1.165, 1.54) is 0 Å².